The first-order valence-electron chi connectivity index (χ1n) is 7.74. The molecule has 0 atom stereocenters. The molecule has 1 heterocycles. The van der Waals surface area contributed by atoms with Crippen LogP contribution >= 0.6 is 11.3 Å². The number of thiazole rings is 1. The lowest BCUT2D eigenvalue weighted by atomic mass is 9.75. The molecule has 1 saturated carbocycles. The Hall–Kier alpha value is -1.10. The fraction of sp³-hybridized carbons (Fsp3) is 0.750. The van der Waals surface area contributed by atoms with E-state index < -0.39 is 0 Å². The van der Waals surface area contributed by atoms with Crippen molar-refractivity contribution in [1.82, 2.24) is 4.98 Å². The van der Waals surface area contributed by atoms with Gasteiger partial charge in [-0.05, 0) is 38.0 Å². The molecule has 4 nitrogen and oxygen atoms in total. The first-order valence-corrected chi connectivity index (χ1v) is 8.62. The van der Waals surface area contributed by atoms with Gasteiger partial charge in [-0.15, -0.1) is 11.3 Å². The highest BCUT2D eigenvalue weighted by atomic mass is 32.1. The molecule has 0 bridgehead atoms. The van der Waals surface area contributed by atoms with E-state index in [2.05, 4.69) is 30.8 Å². The fourth-order valence-corrected chi connectivity index (χ4v) is 3.69. The average Bonchev–Trinajstić information content (AvgIpc) is 2.86. The Bertz CT molecular complexity index is 474. The fourth-order valence-electron chi connectivity index (χ4n) is 2.83. The minimum Gasteiger partial charge on any atom is -0.466 e. The average molecular weight is 310 g/mol. The number of anilines is 1. The van der Waals surface area contributed by atoms with Crippen molar-refractivity contribution in [1.29, 1.82) is 0 Å². The summed E-state index contributed by atoms with van der Waals surface area (Å²) in [4.78, 5) is 18.4. The summed E-state index contributed by atoms with van der Waals surface area (Å²) in [6.07, 6.45) is 5.24. The van der Waals surface area contributed by atoms with Crippen LogP contribution in [0.25, 0.3) is 0 Å². The van der Waals surface area contributed by atoms with Crippen molar-refractivity contribution in [3.63, 3.8) is 0 Å². The van der Waals surface area contributed by atoms with E-state index >= 15 is 0 Å². The largest absolute Gasteiger partial charge is 0.466 e. The maximum Gasteiger partial charge on any atom is 0.311 e. The van der Waals surface area contributed by atoms with Crippen LogP contribution in [0.3, 0.4) is 0 Å². The number of nitrogens with zero attached hydrogens (tertiary/aromatic N) is 2. The van der Waals surface area contributed by atoms with Crippen molar-refractivity contribution in [2.24, 2.45) is 5.41 Å². The van der Waals surface area contributed by atoms with Crippen LogP contribution in [0.4, 0.5) is 5.13 Å². The third-order valence-electron chi connectivity index (χ3n) is 4.33. The van der Waals surface area contributed by atoms with Gasteiger partial charge in [0.15, 0.2) is 5.13 Å². The number of hydrogen-bond acceptors (Lipinski definition) is 5. The van der Waals surface area contributed by atoms with E-state index in [0.29, 0.717) is 18.1 Å². The molecule has 21 heavy (non-hydrogen) atoms. The Labute approximate surface area is 131 Å². The van der Waals surface area contributed by atoms with Crippen LogP contribution in [0.1, 0.15) is 52.1 Å². The molecule has 0 aliphatic heterocycles. The molecule has 1 aliphatic rings. The van der Waals surface area contributed by atoms with Crippen molar-refractivity contribution < 1.29 is 9.53 Å². The van der Waals surface area contributed by atoms with Gasteiger partial charge in [0.1, 0.15) is 0 Å². The number of carbonyl (C=O) groups is 1. The Kier molecular flexibility index (Phi) is 5.25. The summed E-state index contributed by atoms with van der Waals surface area (Å²) in [7, 11) is 2.12. The van der Waals surface area contributed by atoms with Gasteiger partial charge >= 0.3 is 5.97 Å². The molecule has 0 radical (unpaired) electrons. The van der Waals surface area contributed by atoms with E-state index in [1.165, 1.54) is 25.7 Å². The maximum absolute atomic E-state index is 11.5. The van der Waals surface area contributed by atoms with E-state index in [0.717, 1.165) is 10.8 Å². The van der Waals surface area contributed by atoms with E-state index in [4.69, 9.17) is 4.74 Å². The molecule has 0 unspecified atom stereocenters. The molecule has 0 amide bonds. The van der Waals surface area contributed by atoms with Crippen LogP contribution in [-0.2, 0) is 16.0 Å². The summed E-state index contributed by atoms with van der Waals surface area (Å²) in [6.45, 7) is 6.95. The Morgan fingerprint density at radius 3 is 2.76 bits per heavy atom. The number of carbonyl (C=O) groups excluding carboxylic acids is 1. The van der Waals surface area contributed by atoms with Crippen molar-refractivity contribution >= 4 is 22.4 Å². The topological polar surface area (TPSA) is 42.4 Å². The molecule has 1 aliphatic carbocycles. The standard InChI is InChI=1S/C16H26N2O2S/c1-5-20-14(19)10-12-11-21-15(17-12)18(4)13-6-8-16(2,3)9-7-13/h11,13H,5-10H2,1-4H3. The van der Waals surface area contributed by atoms with Crippen LogP contribution in [-0.4, -0.2) is 30.6 Å². The van der Waals surface area contributed by atoms with Gasteiger partial charge in [0.05, 0.1) is 18.7 Å². The second kappa shape index (κ2) is 6.77. The minimum absolute atomic E-state index is 0.198. The Morgan fingerprint density at radius 1 is 1.48 bits per heavy atom. The lowest BCUT2D eigenvalue weighted by Gasteiger charge is -2.38. The molecule has 0 spiro atoms. The SMILES string of the molecule is CCOC(=O)Cc1csc(N(C)C2CCC(C)(C)CC2)n1. The highest BCUT2D eigenvalue weighted by molar-refractivity contribution is 7.13. The molecule has 2 rings (SSSR count). The number of ether oxygens (including phenoxy) is 1. The van der Waals surface area contributed by atoms with Gasteiger partial charge in [-0.2, -0.15) is 0 Å². The van der Waals surface area contributed by atoms with E-state index in [9.17, 15) is 4.79 Å². The van der Waals surface area contributed by atoms with Crippen molar-refractivity contribution in [2.45, 2.75) is 58.9 Å². The smallest absolute Gasteiger partial charge is 0.311 e. The highest BCUT2D eigenvalue weighted by Crippen LogP contribution is 2.38. The molecule has 1 fully saturated rings. The van der Waals surface area contributed by atoms with E-state index in [1.807, 2.05) is 12.3 Å². The maximum atomic E-state index is 11.5. The van der Waals surface area contributed by atoms with Crippen molar-refractivity contribution in [2.75, 3.05) is 18.6 Å². The third-order valence-corrected chi connectivity index (χ3v) is 5.31. The molecular formula is C16H26N2O2S. The summed E-state index contributed by atoms with van der Waals surface area (Å²) < 4.78 is 4.97. The molecule has 1 aromatic heterocycles. The van der Waals surface area contributed by atoms with Crippen LogP contribution in [0, 0.1) is 5.41 Å². The predicted octanol–water partition coefficient (Wildman–Crippen LogP) is 3.65. The normalized spacial score (nSPS) is 18.5. The van der Waals surface area contributed by atoms with Gasteiger partial charge in [-0.3, -0.25) is 4.79 Å². The Morgan fingerprint density at radius 2 is 2.14 bits per heavy atom. The summed E-state index contributed by atoms with van der Waals surface area (Å²) in [5.74, 6) is -0.198. The second-order valence-electron chi connectivity index (χ2n) is 6.61. The summed E-state index contributed by atoms with van der Waals surface area (Å²) in [6, 6.07) is 0.569. The Balaban J connectivity index is 1.93. The van der Waals surface area contributed by atoms with Crippen LogP contribution in [0.15, 0.2) is 5.38 Å². The number of esters is 1. The van der Waals surface area contributed by atoms with Gasteiger partial charge in [0.2, 0.25) is 0 Å². The van der Waals surface area contributed by atoms with Crippen molar-refractivity contribution in [3.05, 3.63) is 11.1 Å². The van der Waals surface area contributed by atoms with Gasteiger partial charge in [0, 0.05) is 18.5 Å². The lowest BCUT2D eigenvalue weighted by molar-refractivity contribution is -0.142. The van der Waals surface area contributed by atoms with E-state index in [-0.39, 0.29) is 12.4 Å². The molecule has 0 N–H and O–H groups in total. The number of rotatable bonds is 5. The van der Waals surface area contributed by atoms with E-state index in [1.54, 1.807) is 11.3 Å². The molecular weight excluding hydrogens is 284 g/mol. The summed E-state index contributed by atoms with van der Waals surface area (Å²) in [5, 5.41) is 2.98. The summed E-state index contributed by atoms with van der Waals surface area (Å²) in [5.41, 5.74) is 1.30. The highest BCUT2D eigenvalue weighted by Gasteiger charge is 2.29. The zero-order chi connectivity index (χ0) is 15.5. The van der Waals surface area contributed by atoms with Crippen LogP contribution in [0.5, 0.6) is 0 Å². The van der Waals surface area contributed by atoms with Gasteiger partial charge in [-0.1, -0.05) is 13.8 Å². The quantitative estimate of drug-likeness (QED) is 0.779. The zero-order valence-electron chi connectivity index (χ0n) is 13.5. The first-order chi connectivity index (χ1) is 9.91. The summed E-state index contributed by atoms with van der Waals surface area (Å²) >= 11 is 1.62. The molecule has 1 aromatic rings. The molecule has 5 heteroatoms. The van der Waals surface area contributed by atoms with Gasteiger partial charge in [0.25, 0.3) is 0 Å². The lowest BCUT2D eigenvalue weighted by Crippen LogP contribution is -2.37. The molecule has 0 saturated heterocycles. The number of hydrogen-bond donors (Lipinski definition) is 0. The van der Waals surface area contributed by atoms with Gasteiger partial charge < -0.3 is 9.64 Å². The van der Waals surface area contributed by atoms with Crippen molar-refractivity contribution in [3.8, 4) is 0 Å². The van der Waals surface area contributed by atoms with Crippen LogP contribution in [0.2, 0.25) is 0 Å². The first kappa shape index (κ1) is 16.3. The number of aromatic nitrogens is 1. The van der Waals surface area contributed by atoms with Gasteiger partial charge in [-0.25, -0.2) is 4.98 Å². The zero-order valence-corrected chi connectivity index (χ0v) is 14.3. The second-order valence-corrected chi connectivity index (χ2v) is 7.45. The minimum atomic E-state index is -0.198. The van der Waals surface area contributed by atoms with Crippen LogP contribution < -0.4 is 4.90 Å². The third kappa shape index (κ3) is 4.43. The predicted molar refractivity (Wildman–Crippen MR) is 86.9 cm³/mol. The monoisotopic (exact) mass is 310 g/mol. The molecule has 0 aromatic carbocycles. The molecule has 118 valence electrons.